The maximum atomic E-state index is 11.6. The average molecular weight is 196 g/mol. The van der Waals surface area contributed by atoms with Crippen molar-refractivity contribution in [1.82, 2.24) is 10.2 Å². The second-order valence-electron chi connectivity index (χ2n) is 4.69. The van der Waals surface area contributed by atoms with Gasteiger partial charge in [0.2, 0.25) is 0 Å². The molecular weight excluding hydrogens is 180 g/mol. The molecule has 0 aromatic carbocycles. The van der Waals surface area contributed by atoms with Crippen molar-refractivity contribution < 1.29 is 9.53 Å². The number of carbonyl (C=O) groups is 1. The number of nitrogens with zero attached hydrogens (tertiary/aromatic N) is 1. The second-order valence-corrected chi connectivity index (χ2v) is 4.69. The molecule has 2 heterocycles. The lowest BCUT2D eigenvalue weighted by Crippen LogP contribution is -2.43. The zero-order chi connectivity index (χ0) is 9.60. The third kappa shape index (κ3) is 1.13. The maximum Gasteiger partial charge on any atom is 0.410 e. The number of carbonyl (C=O) groups excluding carboxylic acids is 1. The Morgan fingerprint density at radius 3 is 2.93 bits per heavy atom. The van der Waals surface area contributed by atoms with Crippen LogP contribution in [0.3, 0.4) is 0 Å². The first-order valence-electron chi connectivity index (χ1n) is 5.49. The lowest BCUT2D eigenvalue weighted by Gasteiger charge is -2.33. The number of rotatable bonds is 1. The topological polar surface area (TPSA) is 41.6 Å². The van der Waals surface area contributed by atoms with Crippen LogP contribution >= 0.6 is 0 Å². The normalized spacial score (nSPS) is 37.7. The molecule has 1 spiro atoms. The number of hydrogen-bond acceptors (Lipinski definition) is 3. The van der Waals surface area contributed by atoms with E-state index < -0.39 is 0 Å². The standard InChI is InChI=1S/C10H16N2O2/c13-9-12(8-2-1-3-8)7-10(14-9)4-5-11-6-10/h8,11H,1-7H2. The van der Waals surface area contributed by atoms with Gasteiger partial charge in [-0.25, -0.2) is 4.79 Å². The predicted molar refractivity (Wildman–Crippen MR) is 51.0 cm³/mol. The summed E-state index contributed by atoms with van der Waals surface area (Å²) >= 11 is 0. The fourth-order valence-electron chi connectivity index (χ4n) is 2.57. The van der Waals surface area contributed by atoms with Gasteiger partial charge in [-0.05, 0) is 25.8 Å². The molecule has 1 amide bonds. The summed E-state index contributed by atoms with van der Waals surface area (Å²) < 4.78 is 5.50. The van der Waals surface area contributed by atoms with E-state index in [1.54, 1.807) is 0 Å². The molecule has 78 valence electrons. The Bertz CT molecular complexity index is 257. The number of nitrogens with one attached hydrogen (secondary N) is 1. The van der Waals surface area contributed by atoms with Crippen LogP contribution in [-0.4, -0.2) is 42.3 Å². The molecule has 1 aliphatic carbocycles. The summed E-state index contributed by atoms with van der Waals surface area (Å²) in [6.07, 6.45) is 4.48. The molecule has 0 aromatic heterocycles. The zero-order valence-electron chi connectivity index (χ0n) is 8.29. The first-order chi connectivity index (χ1) is 6.79. The predicted octanol–water partition coefficient (Wildman–Crippen LogP) is 0.723. The van der Waals surface area contributed by atoms with Crippen molar-refractivity contribution in [2.75, 3.05) is 19.6 Å². The van der Waals surface area contributed by atoms with Crippen LogP contribution < -0.4 is 5.32 Å². The highest BCUT2D eigenvalue weighted by Crippen LogP contribution is 2.34. The van der Waals surface area contributed by atoms with E-state index in [9.17, 15) is 4.79 Å². The summed E-state index contributed by atoms with van der Waals surface area (Å²) in [6.45, 7) is 2.62. The molecule has 0 bridgehead atoms. The molecule has 0 aromatic rings. The minimum atomic E-state index is -0.188. The molecule has 1 unspecified atom stereocenters. The van der Waals surface area contributed by atoms with E-state index >= 15 is 0 Å². The van der Waals surface area contributed by atoms with Gasteiger partial charge in [-0.15, -0.1) is 0 Å². The van der Waals surface area contributed by atoms with Gasteiger partial charge in [-0.2, -0.15) is 0 Å². The van der Waals surface area contributed by atoms with Gasteiger partial charge in [0.05, 0.1) is 6.54 Å². The Kier molecular flexibility index (Phi) is 1.74. The second kappa shape index (κ2) is 2.86. The molecular formula is C10H16N2O2. The van der Waals surface area contributed by atoms with Gasteiger partial charge < -0.3 is 15.0 Å². The van der Waals surface area contributed by atoms with Crippen LogP contribution in [0.2, 0.25) is 0 Å². The van der Waals surface area contributed by atoms with Crippen LogP contribution in [-0.2, 0) is 4.74 Å². The highest BCUT2D eigenvalue weighted by molar-refractivity contribution is 5.71. The van der Waals surface area contributed by atoms with Crippen LogP contribution in [0.25, 0.3) is 0 Å². The third-order valence-electron chi connectivity index (χ3n) is 3.72. The minimum absolute atomic E-state index is 0.0848. The fraction of sp³-hybridized carbons (Fsp3) is 0.900. The van der Waals surface area contributed by atoms with E-state index in [0.29, 0.717) is 6.04 Å². The van der Waals surface area contributed by atoms with Crippen LogP contribution in [0.4, 0.5) is 4.79 Å². The minimum Gasteiger partial charge on any atom is -0.439 e. The first-order valence-corrected chi connectivity index (χ1v) is 5.49. The summed E-state index contributed by atoms with van der Waals surface area (Å²) in [5.74, 6) is 0. The molecule has 14 heavy (non-hydrogen) atoms. The van der Waals surface area contributed by atoms with Crippen molar-refractivity contribution in [3.05, 3.63) is 0 Å². The van der Waals surface area contributed by atoms with E-state index in [1.807, 2.05) is 4.90 Å². The number of ether oxygens (including phenoxy) is 1. The van der Waals surface area contributed by atoms with Crippen molar-refractivity contribution in [3.63, 3.8) is 0 Å². The molecule has 3 rings (SSSR count). The van der Waals surface area contributed by atoms with Gasteiger partial charge in [0.25, 0.3) is 0 Å². The zero-order valence-corrected chi connectivity index (χ0v) is 8.29. The lowest BCUT2D eigenvalue weighted by molar-refractivity contribution is 0.0721. The van der Waals surface area contributed by atoms with Crippen molar-refractivity contribution in [2.45, 2.75) is 37.3 Å². The van der Waals surface area contributed by atoms with Gasteiger partial charge >= 0.3 is 6.09 Å². The third-order valence-corrected chi connectivity index (χ3v) is 3.72. The number of amides is 1. The highest BCUT2D eigenvalue weighted by Gasteiger charge is 2.49. The van der Waals surface area contributed by atoms with Crippen molar-refractivity contribution in [2.24, 2.45) is 0 Å². The van der Waals surface area contributed by atoms with Crippen LogP contribution in [0.15, 0.2) is 0 Å². The quantitative estimate of drug-likeness (QED) is 0.672. The molecule has 2 aliphatic heterocycles. The molecule has 4 heteroatoms. The Balaban J connectivity index is 1.73. The van der Waals surface area contributed by atoms with Gasteiger partial charge in [-0.3, -0.25) is 0 Å². The van der Waals surface area contributed by atoms with E-state index in [4.69, 9.17) is 4.74 Å². The first kappa shape index (κ1) is 8.53. The number of hydrogen-bond donors (Lipinski definition) is 1. The monoisotopic (exact) mass is 196 g/mol. The maximum absolute atomic E-state index is 11.6. The van der Waals surface area contributed by atoms with E-state index in [-0.39, 0.29) is 11.7 Å². The van der Waals surface area contributed by atoms with Gasteiger partial charge in [0.15, 0.2) is 0 Å². The molecule has 3 aliphatic rings. The van der Waals surface area contributed by atoms with Gasteiger partial charge in [0, 0.05) is 19.0 Å². The molecule has 4 nitrogen and oxygen atoms in total. The largest absolute Gasteiger partial charge is 0.439 e. The van der Waals surface area contributed by atoms with Crippen LogP contribution in [0.1, 0.15) is 25.7 Å². The Hall–Kier alpha value is -0.770. The van der Waals surface area contributed by atoms with Gasteiger partial charge in [0.1, 0.15) is 5.60 Å². The van der Waals surface area contributed by atoms with Crippen molar-refractivity contribution >= 4 is 6.09 Å². The Morgan fingerprint density at radius 1 is 1.50 bits per heavy atom. The van der Waals surface area contributed by atoms with Crippen molar-refractivity contribution in [1.29, 1.82) is 0 Å². The van der Waals surface area contributed by atoms with E-state index in [2.05, 4.69) is 5.32 Å². The molecule has 1 atom stereocenters. The van der Waals surface area contributed by atoms with Gasteiger partial charge in [-0.1, -0.05) is 0 Å². The SMILES string of the molecule is O=C1OC2(CCNC2)CN1C1CCC1. The lowest BCUT2D eigenvalue weighted by atomic mass is 9.91. The molecule has 1 saturated carbocycles. The average Bonchev–Trinajstić information content (AvgIpc) is 2.59. The molecule has 2 saturated heterocycles. The summed E-state index contributed by atoms with van der Waals surface area (Å²) in [4.78, 5) is 13.6. The summed E-state index contributed by atoms with van der Waals surface area (Å²) in [7, 11) is 0. The Labute approximate surface area is 83.6 Å². The fourth-order valence-corrected chi connectivity index (χ4v) is 2.57. The van der Waals surface area contributed by atoms with Crippen molar-refractivity contribution in [3.8, 4) is 0 Å². The molecule has 3 fully saturated rings. The smallest absolute Gasteiger partial charge is 0.410 e. The highest BCUT2D eigenvalue weighted by atomic mass is 16.6. The van der Waals surface area contributed by atoms with E-state index in [0.717, 1.165) is 26.1 Å². The van der Waals surface area contributed by atoms with Crippen LogP contribution in [0.5, 0.6) is 0 Å². The summed E-state index contributed by atoms with van der Waals surface area (Å²) in [5.41, 5.74) is -0.188. The summed E-state index contributed by atoms with van der Waals surface area (Å²) in [5, 5.41) is 3.27. The van der Waals surface area contributed by atoms with E-state index in [1.165, 1.54) is 19.3 Å². The Morgan fingerprint density at radius 2 is 2.36 bits per heavy atom. The molecule has 1 N–H and O–H groups in total. The molecule has 0 radical (unpaired) electrons. The summed E-state index contributed by atoms with van der Waals surface area (Å²) in [6, 6.07) is 0.475. The van der Waals surface area contributed by atoms with Crippen LogP contribution in [0, 0.1) is 0 Å².